The summed E-state index contributed by atoms with van der Waals surface area (Å²) >= 11 is 0. The van der Waals surface area contributed by atoms with Crippen LogP contribution in [0.1, 0.15) is 13.8 Å². The summed E-state index contributed by atoms with van der Waals surface area (Å²) < 4.78 is 3.97. The van der Waals surface area contributed by atoms with Gasteiger partial charge in [0, 0.05) is 36.9 Å². The van der Waals surface area contributed by atoms with Crippen LogP contribution in [0.2, 0.25) is 0 Å². The van der Waals surface area contributed by atoms with Crippen LogP contribution in [0.25, 0.3) is 0 Å². The van der Waals surface area contributed by atoms with Gasteiger partial charge in [-0.25, -0.2) is 0 Å². The average molecular weight is 126 g/mol. The van der Waals surface area contributed by atoms with E-state index in [0.717, 1.165) is 0 Å². The van der Waals surface area contributed by atoms with Crippen LogP contribution in [0, 0.1) is 0 Å². The molecule has 0 aromatic heterocycles. The maximum atomic E-state index is 9.81. The Hall–Kier alpha value is -0.0938. The van der Waals surface area contributed by atoms with Crippen molar-refractivity contribution in [3.8, 4) is 0 Å². The van der Waals surface area contributed by atoms with E-state index in [1.807, 2.05) is 0 Å². The number of esters is 2. The van der Waals surface area contributed by atoms with Crippen molar-refractivity contribution in [2.24, 2.45) is 0 Å². The third kappa shape index (κ3) is 9.32. The quantitative estimate of drug-likeness (QED) is 0.255. The van der Waals surface area contributed by atoms with Gasteiger partial charge < -0.3 is 4.74 Å². The zero-order chi connectivity index (χ0) is 5.86. The molecular formula is C4H6MgO3. The minimum absolute atomic E-state index is 0. The molecule has 3 nitrogen and oxygen atoms in total. The summed E-state index contributed by atoms with van der Waals surface area (Å²) in [5.41, 5.74) is 0. The summed E-state index contributed by atoms with van der Waals surface area (Å²) in [5.74, 6) is -1.12. The van der Waals surface area contributed by atoms with E-state index in [9.17, 15) is 9.59 Å². The number of hydrogen-bond donors (Lipinski definition) is 0. The van der Waals surface area contributed by atoms with Crippen molar-refractivity contribution in [2.45, 2.75) is 13.8 Å². The molecule has 0 saturated carbocycles. The van der Waals surface area contributed by atoms with Gasteiger partial charge >= 0.3 is 11.9 Å². The Bertz CT molecular complexity index is 87.5. The van der Waals surface area contributed by atoms with Gasteiger partial charge in [0.2, 0.25) is 0 Å². The first-order chi connectivity index (χ1) is 3.13. The Labute approximate surface area is 63.5 Å². The van der Waals surface area contributed by atoms with E-state index in [-0.39, 0.29) is 23.1 Å². The highest BCUT2D eigenvalue weighted by Crippen LogP contribution is 1.73. The molecule has 0 aliphatic rings. The largest absolute Gasteiger partial charge is 0.394 e. The molecule has 0 atom stereocenters. The molecule has 2 radical (unpaired) electrons. The first-order valence-electron chi connectivity index (χ1n) is 1.82. The molecule has 4 heteroatoms. The number of rotatable bonds is 0. The Morgan fingerprint density at radius 1 is 1.12 bits per heavy atom. The van der Waals surface area contributed by atoms with Gasteiger partial charge in [0.15, 0.2) is 0 Å². The monoisotopic (exact) mass is 126 g/mol. The normalized spacial score (nSPS) is 6.75. The first kappa shape index (κ1) is 10.8. The lowest BCUT2D eigenvalue weighted by Gasteiger charge is -1.87. The van der Waals surface area contributed by atoms with Crippen LogP contribution >= 0.6 is 0 Å². The summed E-state index contributed by atoms with van der Waals surface area (Å²) in [6.07, 6.45) is 0. The van der Waals surface area contributed by atoms with E-state index in [1.54, 1.807) is 0 Å². The van der Waals surface area contributed by atoms with Crippen molar-refractivity contribution < 1.29 is 14.3 Å². The van der Waals surface area contributed by atoms with Crippen molar-refractivity contribution in [2.75, 3.05) is 0 Å². The predicted octanol–water partition coefficient (Wildman–Crippen LogP) is -0.285. The van der Waals surface area contributed by atoms with Crippen LogP contribution in [-0.2, 0) is 14.3 Å². The lowest BCUT2D eigenvalue weighted by molar-refractivity contribution is -0.156. The Kier molecular flexibility index (Phi) is 6.83. The number of hydrogen-bond acceptors (Lipinski definition) is 3. The van der Waals surface area contributed by atoms with E-state index in [1.165, 1.54) is 13.8 Å². The van der Waals surface area contributed by atoms with E-state index >= 15 is 0 Å². The first-order valence-corrected chi connectivity index (χ1v) is 1.82. The van der Waals surface area contributed by atoms with Gasteiger partial charge in [-0.15, -0.1) is 0 Å². The standard InChI is InChI=1S/C4H6O3.Mg/c1-3(5)7-4(2)6;/h1-2H3;. The molecule has 0 rings (SSSR count). The number of carbonyl (C=O) groups excluding carboxylic acids is 2. The average Bonchev–Trinajstić information content (AvgIpc) is 1.27. The van der Waals surface area contributed by atoms with Gasteiger partial charge in [0.25, 0.3) is 0 Å². The molecule has 0 fully saturated rings. The Balaban J connectivity index is 0. The second kappa shape index (κ2) is 5.05. The predicted molar refractivity (Wildman–Crippen MR) is 28.2 cm³/mol. The maximum Gasteiger partial charge on any atom is 0.310 e. The van der Waals surface area contributed by atoms with E-state index in [4.69, 9.17) is 0 Å². The smallest absolute Gasteiger partial charge is 0.310 e. The molecule has 0 heterocycles. The van der Waals surface area contributed by atoms with E-state index in [0.29, 0.717) is 0 Å². The molecule has 0 amide bonds. The zero-order valence-electron chi connectivity index (χ0n) is 4.93. The van der Waals surface area contributed by atoms with Gasteiger partial charge in [-0.05, 0) is 0 Å². The molecule has 0 N–H and O–H groups in total. The minimum Gasteiger partial charge on any atom is -0.394 e. The molecule has 0 aliphatic heterocycles. The molecule has 0 unspecified atom stereocenters. The molecular weight excluding hydrogens is 120 g/mol. The molecule has 0 saturated heterocycles. The van der Waals surface area contributed by atoms with Gasteiger partial charge in [0.05, 0.1) is 0 Å². The second-order valence-electron chi connectivity index (χ2n) is 1.09. The van der Waals surface area contributed by atoms with Crippen LogP contribution in [-0.4, -0.2) is 35.0 Å². The van der Waals surface area contributed by atoms with Crippen LogP contribution in [0.15, 0.2) is 0 Å². The lowest BCUT2D eigenvalue weighted by Crippen LogP contribution is -2.03. The fraction of sp³-hybridized carbons (Fsp3) is 0.500. The van der Waals surface area contributed by atoms with Gasteiger partial charge in [-0.2, -0.15) is 0 Å². The highest BCUT2D eigenvalue weighted by atomic mass is 24.3. The molecule has 42 valence electrons. The van der Waals surface area contributed by atoms with Crippen molar-refractivity contribution >= 4 is 35.0 Å². The zero-order valence-corrected chi connectivity index (χ0v) is 6.35. The molecule has 0 aromatic rings. The lowest BCUT2D eigenvalue weighted by atomic mass is 10.7. The number of ether oxygens (including phenoxy) is 1. The second-order valence-corrected chi connectivity index (χ2v) is 1.09. The third-order valence-corrected chi connectivity index (χ3v) is 0.287. The SMILES string of the molecule is CC(=O)OC(C)=O.[Mg]. The Morgan fingerprint density at radius 3 is 1.38 bits per heavy atom. The topological polar surface area (TPSA) is 43.4 Å². The molecule has 0 spiro atoms. The molecule has 0 aliphatic carbocycles. The van der Waals surface area contributed by atoms with Crippen LogP contribution < -0.4 is 0 Å². The molecule has 0 bridgehead atoms. The van der Waals surface area contributed by atoms with Crippen molar-refractivity contribution in [1.82, 2.24) is 0 Å². The van der Waals surface area contributed by atoms with E-state index < -0.39 is 11.9 Å². The summed E-state index contributed by atoms with van der Waals surface area (Å²) in [7, 11) is 0. The van der Waals surface area contributed by atoms with Crippen LogP contribution in [0.5, 0.6) is 0 Å². The highest BCUT2D eigenvalue weighted by molar-refractivity contribution is 5.82. The van der Waals surface area contributed by atoms with Gasteiger partial charge in [-0.1, -0.05) is 0 Å². The number of carbonyl (C=O) groups is 2. The summed E-state index contributed by atoms with van der Waals surface area (Å²) in [4.78, 5) is 19.6. The highest BCUT2D eigenvalue weighted by Gasteiger charge is 1.93. The summed E-state index contributed by atoms with van der Waals surface area (Å²) in [5, 5.41) is 0. The van der Waals surface area contributed by atoms with Crippen molar-refractivity contribution in [1.29, 1.82) is 0 Å². The van der Waals surface area contributed by atoms with Gasteiger partial charge in [-0.3, -0.25) is 9.59 Å². The van der Waals surface area contributed by atoms with Crippen LogP contribution in [0.3, 0.4) is 0 Å². The van der Waals surface area contributed by atoms with Crippen molar-refractivity contribution in [3.63, 3.8) is 0 Å². The van der Waals surface area contributed by atoms with Gasteiger partial charge in [0.1, 0.15) is 0 Å². The van der Waals surface area contributed by atoms with Crippen LogP contribution in [0.4, 0.5) is 0 Å². The maximum absolute atomic E-state index is 9.81. The van der Waals surface area contributed by atoms with E-state index in [2.05, 4.69) is 4.74 Å². The third-order valence-electron chi connectivity index (χ3n) is 0.287. The summed E-state index contributed by atoms with van der Waals surface area (Å²) in [6, 6.07) is 0. The Morgan fingerprint density at radius 2 is 1.38 bits per heavy atom. The fourth-order valence-corrected chi connectivity index (χ4v) is 0.202. The fourth-order valence-electron chi connectivity index (χ4n) is 0.202. The van der Waals surface area contributed by atoms with Crippen molar-refractivity contribution in [3.05, 3.63) is 0 Å². The summed E-state index contributed by atoms with van der Waals surface area (Å²) in [6.45, 7) is 2.36. The molecule has 0 aromatic carbocycles. The molecule has 8 heavy (non-hydrogen) atoms. The minimum atomic E-state index is -0.562.